The maximum Gasteiger partial charge on any atom is 0.260 e. The van der Waals surface area contributed by atoms with E-state index in [0.29, 0.717) is 10.6 Å². The molecule has 2 aromatic rings. The Morgan fingerprint density at radius 1 is 1.09 bits per heavy atom. The molecule has 1 atom stereocenters. The molecule has 1 aliphatic rings. The van der Waals surface area contributed by atoms with Gasteiger partial charge in [0.1, 0.15) is 5.82 Å². The number of rotatable bonds is 4. The number of amides is 1. The summed E-state index contributed by atoms with van der Waals surface area (Å²) < 4.78 is 13.6. The van der Waals surface area contributed by atoms with Gasteiger partial charge in [-0.1, -0.05) is 66.4 Å². The normalized spacial score (nSPS) is 19.3. The Balaban J connectivity index is 1.64. The van der Waals surface area contributed by atoms with Crippen molar-refractivity contribution in [2.45, 2.75) is 5.50 Å². The highest BCUT2D eigenvalue weighted by atomic mass is 32.2. The summed E-state index contributed by atoms with van der Waals surface area (Å²) in [5.41, 5.74) is 1.05. The first-order chi connectivity index (χ1) is 11.2. The largest absolute Gasteiger partial charge is 0.354 e. The number of benzene rings is 2. The van der Waals surface area contributed by atoms with Crippen molar-refractivity contribution in [2.24, 2.45) is 0 Å². The standard InChI is InChI=1S/C18H15FN2OS/c19-14-10-4-5-11-15(14)20-18-21-17(22)16(23-18)12-6-9-13-7-2-1-3-8-13/h1-12,18,20H,(H,21,22)/b9-6+,16-12-. The fraction of sp³-hybridized carbons (Fsp3) is 0.0556. The molecule has 0 aliphatic carbocycles. The molecule has 0 radical (unpaired) electrons. The summed E-state index contributed by atoms with van der Waals surface area (Å²) in [6, 6.07) is 16.2. The SMILES string of the molecule is O=C1NC(Nc2ccccc2F)S/C1=C\C=C\c1ccccc1. The molecule has 3 nitrogen and oxygen atoms in total. The Morgan fingerprint density at radius 3 is 2.61 bits per heavy atom. The molecule has 2 N–H and O–H groups in total. The average molecular weight is 326 g/mol. The number of thioether (sulfide) groups is 1. The average Bonchev–Trinajstić information content (AvgIpc) is 2.90. The minimum Gasteiger partial charge on any atom is -0.354 e. The molecule has 1 aliphatic heterocycles. The topological polar surface area (TPSA) is 41.1 Å². The highest BCUT2D eigenvalue weighted by Gasteiger charge is 2.27. The first-order valence-corrected chi connectivity index (χ1v) is 8.02. The van der Waals surface area contributed by atoms with E-state index < -0.39 is 0 Å². The van der Waals surface area contributed by atoms with Crippen LogP contribution in [0.1, 0.15) is 5.56 Å². The number of carbonyl (C=O) groups is 1. The molecule has 1 heterocycles. The van der Waals surface area contributed by atoms with Crippen molar-refractivity contribution in [1.82, 2.24) is 5.32 Å². The summed E-state index contributed by atoms with van der Waals surface area (Å²) in [5.74, 6) is -0.509. The lowest BCUT2D eigenvalue weighted by Crippen LogP contribution is -2.31. The van der Waals surface area contributed by atoms with Gasteiger partial charge in [-0.2, -0.15) is 0 Å². The molecule has 116 valence electrons. The van der Waals surface area contributed by atoms with Gasteiger partial charge < -0.3 is 10.6 Å². The van der Waals surface area contributed by atoms with Gasteiger partial charge in [0, 0.05) is 0 Å². The number of hydrogen-bond acceptors (Lipinski definition) is 3. The van der Waals surface area contributed by atoms with Crippen LogP contribution in [0.15, 0.2) is 71.7 Å². The summed E-state index contributed by atoms with van der Waals surface area (Å²) in [6.45, 7) is 0. The Kier molecular flexibility index (Phi) is 4.78. The van der Waals surface area contributed by atoms with Gasteiger partial charge in [-0.25, -0.2) is 4.39 Å². The molecular weight excluding hydrogens is 311 g/mol. The van der Waals surface area contributed by atoms with Gasteiger partial charge >= 0.3 is 0 Å². The summed E-state index contributed by atoms with van der Waals surface area (Å²) in [4.78, 5) is 12.5. The molecule has 3 rings (SSSR count). The van der Waals surface area contributed by atoms with Gasteiger partial charge in [0.15, 0.2) is 5.50 Å². The summed E-state index contributed by atoms with van der Waals surface area (Å²) in [6.07, 6.45) is 5.53. The van der Waals surface area contributed by atoms with Crippen LogP contribution in [0.5, 0.6) is 0 Å². The summed E-state index contributed by atoms with van der Waals surface area (Å²) in [7, 11) is 0. The maximum absolute atomic E-state index is 13.6. The predicted molar refractivity (Wildman–Crippen MR) is 93.1 cm³/mol. The second kappa shape index (κ2) is 7.15. The molecule has 1 amide bonds. The van der Waals surface area contributed by atoms with Crippen LogP contribution in [0.25, 0.3) is 6.08 Å². The second-order valence-corrected chi connectivity index (χ2v) is 6.04. The number of anilines is 1. The van der Waals surface area contributed by atoms with E-state index in [1.54, 1.807) is 24.3 Å². The van der Waals surface area contributed by atoms with Crippen LogP contribution in [0.3, 0.4) is 0 Å². The monoisotopic (exact) mass is 326 g/mol. The molecule has 0 saturated carbocycles. The molecule has 2 aromatic carbocycles. The van der Waals surface area contributed by atoms with Crippen LogP contribution < -0.4 is 10.6 Å². The molecule has 1 fully saturated rings. The van der Waals surface area contributed by atoms with E-state index in [9.17, 15) is 9.18 Å². The Hall–Kier alpha value is -2.53. The van der Waals surface area contributed by atoms with E-state index in [2.05, 4.69) is 10.6 Å². The Labute approximate surface area is 138 Å². The van der Waals surface area contributed by atoms with Gasteiger partial charge in [0.05, 0.1) is 10.6 Å². The highest BCUT2D eigenvalue weighted by molar-refractivity contribution is 8.05. The van der Waals surface area contributed by atoms with Crippen molar-refractivity contribution in [1.29, 1.82) is 0 Å². The maximum atomic E-state index is 13.6. The Bertz CT molecular complexity index is 759. The molecule has 0 spiro atoms. The molecular formula is C18H15FN2OS. The van der Waals surface area contributed by atoms with Gasteiger partial charge in [-0.05, 0) is 23.8 Å². The number of nitrogens with one attached hydrogen (secondary N) is 2. The fourth-order valence-corrected chi connectivity index (χ4v) is 3.04. The number of halogens is 1. The zero-order valence-corrected chi connectivity index (χ0v) is 13.0. The van der Waals surface area contributed by atoms with Crippen LogP contribution in [0.2, 0.25) is 0 Å². The zero-order chi connectivity index (χ0) is 16.1. The molecule has 0 bridgehead atoms. The van der Waals surface area contributed by atoms with E-state index in [1.807, 2.05) is 42.5 Å². The molecule has 1 saturated heterocycles. The minimum absolute atomic E-state index is 0.165. The third-order valence-electron chi connectivity index (χ3n) is 3.23. The van der Waals surface area contributed by atoms with Crippen molar-refractivity contribution in [3.05, 3.63) is 83.0 Å². The van der Waals surface area contributed by atoms with E-state index in [0.717, 1.165) is 5.56 Å². The van der Waals surface area contributed by atoms with Crippen molar-refractivity contribution < 1.29 is 9.18 Å². The van der Waals surface area contributed by atoms with E-state index >= 15 is 0 Å². The van der Waals surface area contributed by atoms with Crippen molar-refractivity contribution in [2.75, 3.05) is 5.32 Å². The number of allylic oxidation sites excluding steroid dienone is 2. The van der Waals surface area contributed by atoms with Crippen molar-refractivity contribution >= 4 is 29.4 Å². The predicted octanol–water partition coefficient (Wildman–Crippen LogP) is 3.98. The zero-order valence-electron chi connectivity index (χ0n) is 12.2. The minimum atomic E-state index is -0.379. The van der Waals surface area contributed by atoms with E-state index in [4.69, 9.17) is 0 Å². The fourth-order valence-electron chi connectivity index (χ4n) is 2.11. The molecule has 5 heteroatoms. The van der Waals surface area contributed by atoms with Crippen LogP contribution in [0.4, 0.5) is 10.1 Å². The lowest BCUT2D eigenvalue weighted by Gasteiger charge is -2.12. The third-order valence-corrected chi connectivity index (χ3v) is 4.27. The first kappa shape index (κ1) is 15.4. The summed E-state index contributed by atoms with van der Waals surface area (Å²) in [5, 5.41) is 5.74. The molecule has 1 unspecified atom stereocenters. The smallest absolute Gasteiger partial charge is 0.260 e. The van der Waals surface area contributed by atoms with E-state index in [1.165, 1.54) is 17.8 Å². The van der Waals surface area contributed by atoms with Crippen LogP contribution in [0, 0.1) is 5.82 Å². The van der Waals surface area contributed by atoms with Gasteiger partial charge in [-0.15, -0.1) is 0 Å². The number of hydrogen-bond donors (Lipinski definition) is 2. The van der Waals surface area contributed by atoms with Crippen LogP contribution >= 0.6 is 11.8 Å². The Morgan fingerprint density at radius 2 is 1.83 bits per heavy atom. The van der Waals surface area contributed by atoms with Gasteiger partial charge in [-0.3, -0.25) is 4.79 Å². The molecule has 0 aromatic heterocycles. The van der Waals surface area contributed by atoms with Gasteiger partial charge in [0.25, 0.3) is 5.91 Å². The van der Waals surface area contributed by atoms with Crippen LogP contribution in [-0.2, 0) is 4.79 Å². The molecule has 23 heavy (non-hydrogen) atoms. The van der Waals surface area contributed by atoms with Gasteiger partial charge in [0.2, 0.25) is 0 Å². The second-order valence-electron chi connectivity index (χ2n) is 4.90. The highest BCUT2D eigenvalue weighted by Crippen LogP contribution is 2.29. The lowest BCUT2D eigenvalue weighted by atomic mass is 10.2. The quantitative estimate of drug-likeness (QED) is 0.835. The summed E-state index contributed by atoms with van der Waals surface area (Å²) >= 11 is 1.33. The lowest BCUT2D eigenvalue weighted by molar-refractivity contribution is -0.116. The van der Waals surface area contributed by atoms with Crippen molar-refractivity contribution in [3.8, 4) is 0 Å². The van der Waals surface area contributed by atoms with E-state index in [-0.39, 0.29) is 17.2 Å². The third kappa shape index (κ3) is 4.02. The first-order valence-electron chi connectivity index (χ1n) is 7.14. The van der Waals surface area contributed by atoms with Crippen LogP contribution in [-0.4, -0.2) is 11.4 Å². The van der Waals surface area contributed by atoms with Crippen molar-refractivity contribution in [3.63, 3.8) is 0 Å². The number of para-hydroxylation sites is 1. The number of carbonyl (C=O) groups excluding carboxylic acids is 1.